The standard InChI is InChI=1S/C11H14O4.Na/c1-3-11(14-2,10(12)13)15-9-7-5-4-6-8-9;/h4-8H,3H2,1-2H3,(H,12,13);/q;+1/p-1. The van der Waals surface area contributed by atoms with Gasteiger partial charge in [-0.05, 0) is 12.1 Å². The van der Waals surface area contributed by atoms with E-state index in [0.717, 1.165) is 0 Å². The summed E-state index contributed by atoms with van der Waals surface area (Å²) in [5.74, 6) is -2.65. The molecule has 0 aliphatic carbocycles. The van der Waals surface area contributed by atoms with Crippen LogP contribution in [0.4, 0.5) is 0 Å². The quantitative estimate of drug-likeness (QED) is 0.418. The number of methoxy groups -OCH3 is 1. The number of hydrogen-bond donors (Lipinski definition) is 0. The van der Waals surface area contributed by atoms with E-state index in [4.69, 9.17) is 9.47 Å². The molecule has 1 aromatic rings. The monoisotopic (exact) mass is 232 g/mol. The number of carboxylic acid groups (broad SMARTS) is 1. The summed E-state index contributed by atoms with van der Waals surface area (Å²) in [6.45, 7) is 1.65. The molecule has 0 saturated heterocycles. The Morgan fingerprint density at radius 1 is 1.38 bits per heavy atom. The Hall–Kier alpha value is -0.550. The van der Waals surface area contributed by atoms with Crippen LogP contribution < -0.4 is 39.4 Å². The van der Waals surface area contributed by atoms with Crippen molar-refractivity contribution in [3.8, 4) is 5.75 Å². The Balaban J connectivity index is 0.00000225. The molecule has 0 aliphatic heterocycles. The van der Waals surface area contributed by atoms with Crippen LogP contribution >= 0.6 is 0 Å². The second-order valence-corrected chi connectivity index (χ2v) is 3.01. The number of benzene rings is 1. The van der Waals surface area contributed by atoms with E-state index < -0.39 is 11.8 Å². The second-order valence-electron chi connectivity index (χ2n) is 3.01. The van der Waals surface area contributed by atoms with E-state index in [1.807, 2.05) is 6.07 Å². The fraction of sp³-hybridized carbons (Fsp3) is 0.364. The van der Waals surface area contributed by atoms with Crippen molar-refractivity contribution in [3.63, 3.8) is 0 Å². The van der Waals surface area contributed by atoms with E-state index in [-0.39, 0.29) is 36.0 Å². The molecule has 4 nitrogen and oxygen atoms in total. The van der Waals surface area contributed by atoms with E-state index >= 15 is 0 Å². The van der Waals surface area contributed by atoms with E-state index in [2.05, 4.69) is 0 Å². The van der Waals surface area contributed by atoms with E-state index in [1.165, 1.54) is 7.11 Å². The zero-order chi connectivity index (χ0) is 11.3. The van der Waals surface area contributed by atoms with E-state index in [9.17, 15) is 9.90 Å². The summed E-state index contributed by atoms with van der Waals surface area (Å²) in [6, 6.07) is 8.63. The van der Waals surface area contributed by atoms with Crippen molar-refractivity contribution in [1.29, 1.82) is 0 Å². The van der Waals surface area contributed by atoms with Crippen LogP contribution in [0.5, 0.6) is 5.75 Å². The maximum absolute atomic E-state index is 10.9. The van der Waals surface area contributed by atoms with Gasteiger partial charge in [0, 0.05) is 13.5 Å². The molecule has 1 aromatic carbocycles. The minimum absolute atomic E-state index is 0. The number of ether oxygens (including phenoxy) is 2. The van der Waals surface area contributed by atoms with Crippen molar-refractivity contribution < 1.29 is 48.9 Å². The van der Waals surface area contributed by atoms with E-state index in [0.29, 0.717) is 5.75 Å². The molecule has 1 rings (SSSR count). The summed E-state index contributed by atoms with van der Waals surface area (Å²) in [6.07, 6.45) is 0.167. The first-order valence-electron chi connectivity index (χ1n) is 4.65. The largest absolute Gasteiger partial charge is 1.00 e. The van der Waals surface area contributed by atoms with Crippen molar-refractivity contribution in [2.24, 2.45) is 0 Å². The minimum Gasteiger partial charge on any atom is -0.543 e. The first kappa shape index (κ1) is 15.4. The van der Waals surface area contributed by atoms with Crippen molar-refractivity contribution in [2.45, 2.75) is 19.1 Å². The van der Waals surface area contributed by atoms with Gasteiger partial charge < -0.3 is 19.4 Å². The summed E-state index contributed by atoms with van der Waals surface area (Å²) in [7, 11) is 1.28. The molecule has 0 saturated carbocycles. The van der Waals surface area contributed by atoms with Gasteiger partial charge in [0.1, 0.15) is 11.7 Å². The van der Waals surface area contributed by atoms with Gasteiger partial charge in [0.15, 0.2) is 0 Å². The Kier molecular flexibility index (Phi) is 6.67. The first-order valence-corrected chi connectivity index (χ1v) is 4.65. The molecule has 1 atom stereocenters. The summed E-state index contributed by atoms with van der Waals surface area (Å²) >= 11 is 0. The van der Waals surface area contributed by atoms with E-state index in [1.54, 1.807) is 31.2 Å². The smallest absolute Gasteiger partial charge is 0.543 e. The number of carbonyl (C=O) groups excluding carboxylic acids is 1. The summed E-state index contributed by atoms with van der Waals surface area (Å²) in [5.41, 5.74) is 0. The normalized spacial score (nSPS) is 13.4. The summed E-state index contributed by atoms with van der Waals surface area (Å²) in [5, 5.41) is 10.9. The molecule has 0 amide bonds. The first-order chi connectivity index (χ1) is 7.14. The second kappa shape index (κ2) is 6.91. The molecule has 5 heteroatoms. The zero-order valence-corrected chi connectivity index (χ0v) is 11.7. The van der Waals surface area contributed by atoms with Gasteiger partial charge in [0.05, 0.1) is 0 Å². The molecule has 0 heterocycles. The maximum atomic E-state index is 10.9. The van der Waals surface area contributed by atoms with Gasteiger partial charge in [0.25, 0.3) is 5.79 Å². The van der Waals surface area contributed by atoms with Crippen molar-refractivity contribution in [1.82, 2.24) is 0 Å². The van der Waals surface area contributed by atoms with Gasteiger partial charge >= 0.3 is 29.6 Å². The van der Waals surface area contributed by atoms with Crippen molar-refractivity contribution in [3.05, 3.63) is 30.3 Å². The molecular formula is C11H13NaO4. The van der Waals surface area contributed by atoms with Crippen LogP contribution in [0.15, 0.2) is 30.3 Å². The number of rotatable bonds is 5. The Labute approximate surface area is 117 Å². The average molecular weight is 232 g/mol. The number of carbonyl (C=O) groups is 1. The maximum Gasteiger partial charge on any atom is 1.00 e. The number of aliphatic carboxylic acids is 1. The third-order valence-electron chi connectivity index (χ3n) is 2.13. The summed E-state index contributed by atoms with van der Waals surface area (Å²) in [4.78, 5) is 10.9. The molecular weight excluding hydrogens is 219 g/mol. The fourth-order valence-corrected chi connectivity index (χ4v) is 1.21. The molecule has 82 valence electrons. The molecule has 0 fully saturated rings. The van der Waals surface area contributed by atoms with Gasteiger partial charge in [-0.2, -0.15) is 0 Å². The molecule has 1 unspecified atom stereocenters. The molecule has 0 spiro atoms. The third-order valence-corrected chi connectivity index (χ3v) is 2.13. The minimum atomic E-state index is -1.71. The zero-order valence-electron chi connectivity index (χ0n) is 9.73. The Morgan fingerprint density at radius 3 is 2.31 bits per heavy atom. The number of carboxylic acids is 1. The molecule has 0 radical (unpaired) electrons. The topological polar surface area (TPSA) is 58.6 Å². The fourth-order valence-electron chi connectivity index (χ4n) is 1.21. The van der Waals surface area contributed by atoms with Gasteiger partial charge in [-0.1, -0.05) is 25.1 Å². The average Bonchev–Trinajstić information content (AvgIpc) is 2.27. The van der Waals surface area contributed by atoms with Crippen molar-refractivity contribution in [2.75, 3.05) is 7.11 Å². The van der Waals surface area contributed by atoms with Crippen LogP contribution in [0.2, 0.25) is 0 Å². The predicted molar refractivity (Wildman–Crippen MR) is 52.1 cm³/mol. The van der Waals surface area contributed by atoms with Gasteiger partial charge in [0.2, 0.25) is 0 Å². The molecule has 16 heavy (non-hydrogen) atoms. The SMILES string of the molecule is CCC(OC)(Oc1ccccc1)C(=O)[O-].[Na+]. The Bertz CT molecular complexity index is 322. The molecule has 0 aromatic heterocycles. The Morgan fingerprint density at radius 2 is 1.94 bits per heavy atom. The van der Waals surface area contributed by atoms with Crippen LogP contribution in [-0.4, -0.2) is 18.9 Å². The van der Waals surface area contributed by atoms with Gasteiger partial charge in [-0.3, -0.25) is 0 Å². The number of hydrogen-bond acceptors (Lipinski definition) is 4. The molecule has 0 bridgehead atoms. The third kappa shape index (κ3) is 3.49. The van der Waals surface area contributed by atoms with Crippen LogP contribution in [0.3, 0.4) is 0 Å². The van der Waals surface area contributed by atoms with Crippen LogP contribution in [0.25, 0.3) is 0 Å². The van der Waals surface area contributed by atoms with Crippen molar-refractivity contribution >= 4 is 5.97 Å². The molecule has 0 N–H and O–H groups in total. The van der Waals surface area contributed by atoms with Crippen LogP contribution in [0, 0.1) is 0 Å². The summed E-state index contributed by atoms with van der Waals surface area (Å²) < 4.78 is 10.1. The van der Waals surface area contributed by atoms with Gasteiger partial charge in [-0.25, -0.2) is 0 Å². The predicted octanol–water partition coefficient (Wildman–Crippen LogP) is -2.43. The van der Waals surface area contributed by atoms with Gasteiger partial charge in [-0.15, -0.1) is 0 Å². The van der Waals surface area contributed by atoms with Crippen LogP contribution in [0.1, 0.15) is 13.3 Å². The molecule has 0 aliphatic rings. The number of para-hydroxylation sites is 1. The van der Waals surface area contributed by atoms with Crippen LogP contribution in [-0.2, 0) is 9.53 Å².